The Bertz CT molecular complexity index is 719. The van der Waals surface area contributed by atoms with Gasteiger partial charge in [0.25, 0.3) is 5.95 Å². The molecule has 0 aromatic carbocycles. The smallest absolute Gasteiger partial charge is 0.383 e. The molecule has 2 heterocycles. The molecule has 0 atom stereocenters. The number of alkyl halides is 3. The molecule has 0 saturated carbocycles. The summed E-state index contributed by atoms with van der Waals surface area (Å²) in [4.78, 5) is 7.87. The highest BCUT2D eigenvalue weighted by atomic mass is 19.4. The molecule has 23 heavy (non-hydrogen) atoms. The van der Waals surface area contributed by atoms with Crippen molar-refractivity contribution < 1.29 is 13.2 Å². The van der Waals surface area contributed by atoms with Gasteiger partial charge in [-0.3, -0.25) is 0 Å². The summed E-state index contributed by atoms with van der Waals surface area (Å²) in [6, 6.07) is 1.57. The Morgan fingerprint density at radius 2 is 1.83 bits per heavy atom. The largest absolute Gasteiger partial charge is 0.435 e. The quantitative estimate of drug-likeness (QED) is 0.916. The predicted molar refractivity (Wildman–Crippen MR) is 79.6 cm³/mol. The molecule has 2 aromatic rings. The van der Waals surface area contributed by atoms with Gasteiger partial charge in [-0.1, -0.05) is 12.5 Å². The van der Waals surface area contributed by atoms with Gasteiger partial charge in [-0.25, -0.2) is 9.97 Å². The normalized spacial score (nSPS) is 16.0. The van der Waals surface area contributed by atoms with Gasteiger partial charge in [0.2, 0.25) is 0 Å². The highest BCUT2D eigenvalue weighted by Gasteiger charge is 2.40. The summed E-state index contributed by atoms with van der Waals surface area (Å²) in [5, 5.41) is 3.66. The van der Waals surface area contributed by atoms with Crippen LogP contribution in [0.3, 0.4) is 0 Å². The Labute approximate surface area is 131 Å². The predicted octanol–water partition coefficient (Wildman–Crippen LogP) is 3.61. The summed E-state index contributed by atoms with van der Waals surface area (Å²) in [6.45, 7) is 0. The molecule has 0 fully saturated rings. The molecule has 3 rings (SSSR count). The van der Waals surface area contributed by atoms with Crippen molar-refractivity contribution in [3.05, 3.63) is 35.8 Å². The number of anilines is 1. The molecule has 1 aliphatic carbocycles. The maximum Gasteiger partial charge on any atom is 0.435 e. The third-order valence-corrected chi connectivity index (χ3v) is 3.79. The SMILES string of the molecule is Nc1c(C2=CCCCCC2)c(C(F)(F)F)nn1-c1ncccn1. The number of hydrogen-bond acceptors (Lipinski definition) is 4. The van der Waals surface area contributed by atoms with Gasteiger partial charge in [0.05, 0.1) is 5.56 Å². The molecule has 5 nitrogen and oxygen atoms in total. The molecule has 0 radical (unpaired) electrons. The van der Waals surface area contributed by atoms with E-state index < -0.39 is 11.9 Å². The number of nitrogen functional groups attached to an aromatic ring is 1. The highest BCUT2D eigenvalue weighted by Crippen LogP contribution is 2.40. The van der Waals surface area contributed by atoms with Gasteiger partial charge in [0, 0.05) is 12.4 Å². The summed E-state index contributed by atoms with van der Waals surface area (Å²) < 4.78 is 41.2. The summed E-state index contributed by atoms with van der Waals surface area (Å²) in [5.41, 5.74) is 5.59. The van der Waals surface area contributed by atoms with E-state index in [-0.39, 0.29) is 17.3 Å². The fourth-order valence-electron chi connectivity index (χ4n) is 2.74. The molecule has 0 unspecified atom stereocenters. The minimum atomic E-state index is -4.59. The number of nitrogens with zero attached hydrogens (tertiary/aromatic N) is 4. The van der Waals surface area contributed by atoms with Crippen LogP contribution in [-0.2, 0) is 6.18 Å². The van der Waals surface area contributed by atoms with Crippen molar-refractivity contribution in [2.75, 3.05) is 5.73 Å². The van der Waals surface area contributed by atoms with Crippen molar-refractivity contribution in [2.24, 2.45) is 0 Å². The van der Waals surface area contributed by atoms with Crippen LogP contribution in [0.4, 0.5) is 19.0 Å². The minimum Gasteiger partial charge on any atom is -0.383 e. The van der Waals surface area contributed by atoms with Crippen LogP contribution in [0.5, 0.6) is 0 Å². The van der Waals surface area contributed by atoms with E-state index in [1.165, 1.54) is 12.4 Å². The van der Waals surface area contributed by atoms with E-state index in [1.807, 2.05) is 6.08 Å². The summed E-state index contributed by atoms with van der Waals surface area (Å²) >= 11 is 0. The Morgan fingerprint density at radius 1 is 1.09 bits per heavy atom. The first-order valence-corrected chi connectivity index (χ1v) is 7.41. The maximum atomic E-state index is 13.4. The molecule has 2 N–H and O–H groups in total. The third-order valence-electron chi connectivity index (χ3n) is 3.79. The molecule has 0 saturated heterocycles. The van der Waals surface area contributed by atoms with E-state index in [2.05, 4.69) is 15.1 Å². The van der Waals surface area contributed by atoms with Crippen molar-refractivity contribution in [3.8, 4) is 5.95 Å². The third kappa shape index (κ3) is 3.06. The molecule has 0 amide bonds. The Hall–Kier alpha value is -2.38. The lowest BCUT2D eigenvalue weighted by molar-refractivity contribution is -0.141. The average Bonchev–Trinajstić information content (AvgIpc) is 2.71. The van der Waals surface area contributed by atoms with Crippen LogP contribution in [-0.4, -0.2) is 19.7 Å². The van der Waals surface area contributed by atoms with E-state index in [0.29, 0.717) is 12.0 Å². The van der Waals surface area contributed by atoms with E-state index in [9.17, 15) is 13.2 Å². The summed E-state index contributed by atoms with van der Waals surface area (Å²) in [5.74, 6) is -0.0485. The van der Waals surface area contributed by atoms with Crippen LogP contribution in [0.25, 0.3) is 11.5 Å². The van der Waals surface area contributed by atoms with Crippen LogP contribution in [0, 0.1) is 0 Å². The van der Waals surface area contributed by atoms with Gasteiger partial charge in [0.15, 0.2) is 5.69 Å². The van der Waals surface area contributed by atoms with E-state index in [0.717, 1.165) is 30.4 Å². The Morgan fingerprint density at radius 3 is 2.52 bits per heavy atom. The van der Waals surface area contributed by atoms with E-state index in [1.54, 1.807) is 6.07 Å². The molecule has 8 heteroatoms. The lowest BCUT2D eigenvalue weighted by Crippen LogP contribution is -2.10. The molecular formula is C15H16F3N5. The van der Waals surface area contributed by atoms with Crippen LogP contribution in [0.15, 0.2) is 24.5 Å². The lowest BCUT2D eigenvalue weighted by Gasteiger charge is -2.09. The fraction of sp³-hybridized carbons (Fsp3) is 0.400. The monoisotopic (exact) mass is 323 g/mol. The number of aromatic nitrogens is 4. The van der Waals surface area contributed by atoms with Crippen molar-refractivity contribution in [1.82, 2.24) is 19.7 Å². The molecule has 0 bridgehead atoms. The van der Waals surface area contributed by atoms with Gasteiger partial charge in [-0.15, -0.1) is 0 Å². The highest BCUT2D eigenvalue weighted by molar-refractivity contribution is 5.76. The number of halogens is 3. The lowest BCUT2D eigenvalue weighted by atomic mass is 10.0. The Balaban J connectivity index is 2.17. The molecule has 122 valence electrons. The average molecular weight is 323 g/mol. The summed E-state index contributed by atoms with van der Waals surface area (Å²) in [7, 11) is 0. The number of nitrogens with two attached hydrogens (primary N) is 1. The minimum absolute atomic E-state index is 0.0240. The molecular weight excluding hydrogens is 307 g/mol. The maximum absolute atomic E-state index is 13.4. The number of hydrogen-bond donors (Lipinski definition) is 1. The molecule has 0 spiro atoms. The van der Waals surface area contributed by atoms with Crippen molar-refractivity contribution in [2.45, 2.75) is 38.3 Å². The van der Waals surface area contributed by atoms with E-state index in [4.69, 9.17) is 5.73 Å². The Kier molecular flexibility index (Phi) is 4.06. The molecule has 1 aliphatic rings. The van der Waals surface area contributed by atoms with Gasteiger partial charge in [-0.05, 0) is 37.3 Å². The second kappa shape index (κ2) is 6.02. The first-order chi connectivity index (χ1) is 11.0. The van der Waals surface area contributed by atoms with Gasteiger partial charge in [-0.2, -0.15) is 23.0 Å². The zero-order chi connectivity index (χ0) is 16.4. The standard InChI is InChI=1S/C15H16F3N5/c16-15(17,18)12-11(10-6-3-1-2-4-7-10)13(19)23(22-12)14-20-8-5-9-21-14/h5-6,8-9H,1-4,7,19H2. The fourth-order valence-corrected chi connectivity index (χ4v) is 2.74. The van der Waals surface area contributed by atoms with Gasteiger partial charge >= 0.3 is 6.18 Å². The second-order valence-corrected chi connectivity index (χ2v) is 5.40. The molecule has 2 aromatic heterocycles. The van der Waals surface area contributed by atoms with Gasteiger partial charge < -0.3 is 5.73 Å². The first kappa shape index (κ1) is 15.5. The number of allylic oxidation sites excluding steroid dienone is 2. The topological polar surface area (TPSA) is 69.6 Å². The van der Waals surface area contributed by atoms with E-state index >= 15 is 0 Å². The van der Waals surface area contributed by atoms with Crippen LogP contribution < -0.4 is 5.73 Å². The van der Waals surface area contributed by atoms with Crippen molar-refractivity contribution in [3.63, 3.8) is 0 Å². The van der Waals surface area contributed by atoms with Crippen LogP contribution in [0.1, 0.15) is 43.4 Å². The van der Waals surface area contributed by atoms with Gasteiger partial charge in [0.1, 0.15) is 5.82 Å². The number of rotatable bonds is 2. The second-order valence-electron chi connectivity index (χ2n) is 5.40. The zero-order valence-corrected chi connectivity index (χ0v) is 12.3. The van der Waals surface area contributed by atoms with Crippen molar-refractivity contribution >= 4 is 11.4 Å². The van der Waals surface area contributed by atoms with Crippen LogP contribution in [0.2, 0.25) is 0 Å². The zero-order valence-electron chi connectivity index (χ0n) is 12.3. The first-order valence-electron chi connectivity index (χ1n) is 7.41. The van der Waals surface area contributed by atoms with Crippen LogP contribution >= 0.6 is 0 Å². The summed E-state index contributed by atoms with van der Waals surface area (Å²) in [6.07, 6.45) is 4.24. The molecule has 0 aliphatic heterocycles. The van der Waals surface area contributed by atoms with Crippen molar-refractivity contribution in [1.29, 1.82) is 0 Å².